The van der Waals surface area contributed by atoms with Gasteiger partial charge in [-0.15, -0.1) is 5.10 Å². The summed E-state index contributed by atoms with van der Waals surface area (Å²) in [7, 11) is 0. The first-order valence-corrected chi connectivity index (χ1v) is 5.76. The lowest BCUT2D eigenvalue weighted by atomic mass is 9.90. The van der Waals surface area contributed by atoms with Crippen molar-refractivity contribution in [3.05, 3.63) is 41.5 Å². The lowest BCUT2D eigenvalue weighted by Crippen LogP contribution is -2.21. The SMILES string of the molecule is CC(C)(C)c1c(C(=O)O)nnn1-c1ccccc1F. The Morgan fingerprint density at radius 3 is 2.47 bits per heavy atom. The third-order valence-electron chi connectivity index (χ3n) is 2.66. The summed E-state index contributed by atoms with van der Waals surface area (Å²) >= 11 is 0. The summed E-state index contributed by atoms with van der Waals surface area (Å²) in [6.45, 7) is 5.49. The van der Waals surface area contributed by atoms with E-state index in [2.05, 4.69) is 10.3 Å². The van der Waals surface area contributed by atoms with Crippen LogP contribution >= 0.6 is 0 Å². The van der Waals surface area contributed by atoms with Crippen molar-refractivity contribution in [1.82, 2.24) is 15.0 Å². The number of rotatable bonds is 2. The van der Waals surface area contributed by atoms with Crippen molar-refractivity contribution in [1.29, 1.82) is 0 Å². The molecule has 0 aliphatic rings. The normalized spacial score (nSPS) is 11.6. The molecule has 0 spiro atoms. The second kappa shape index (κ2) is 4.46. The van der Waals surface area contributed by atoms with Crippen LogP contribution in [0, 0.1) is 5.82 Å². The molecule has 0 saturated heterocycles. The Morgan fingerprint density at radius 1 is 1.32 bits per heavy atom. The van der Waals surface area contributed by atoms with E-state index in [0.717, 1.165) is 0 Å². The molecule has 6 heteroatoms. The molecule has 2 aromatic rings. The Hall–Kier alpha value is -2.24. The number of nitrogens with zero attached hydrogens (tertiary/aromatic N) is 3. The first kappa shape index (κ1) is 13.2. The molecule has 1 heterocycles. The molecule has 0 aliphatic carbocycles. The van der Waals surface area contributed by atoms with E-state index in [9.17, 15) is 9.18 Å². The first-order valence-electron chi connectivity index (χ1n) is 5.76. The van der Waals surface area contributed by atoms with Gasteiger partial charge in [0, 0.05) is 5.41 Å². The largest absolute Gasteiger partial charge is 0.476 e. The van der Waals surface area contributed by atoms with Gasteiger partial charge in [-0.1, -0.05) is 38.1 Å². The molecule has 5 nitrogen and oxygen atoms in total. The lowest BCUT2D eigenvalue weighted by molar-refractivity contribution is 0.0687. The summed E-state index contributed by atoms with van der Waals surface area (Å²) in [4.78, 5) is 11.2. The molecule has 19 heavy (non-hydrogen) atoms. The van der Waals surface area contributed by atoms with Gasteiger partial charge in [0.25, 0.3) is 0 Å². The number of hydrogen-bond donors (Lipinski definition) is 1. The highest BCUT2D eigenvalue weighted by atomic mass is 19.1. The summed E-state index contributed by atoms with van der Waals surface area (Å²) in [5, 5.41) is 16.6. The van der Waals surface area contributed by atoms with Crippen LogP contribution in [0.15, 0.2) is 24.3 Å². The molecule has 1 N–H and O–H groups in total. The fraction of sp³-hybridized carbons (Fsp3) is 0.308. The van der Waals surface area contributed by atoms with Crippen molar-refractivity contribution in [2.24, 2.45) is 0 Å². The van der Waals surface area contributed by atoms with E-state index in [0.29, 0.717) is 5.69 Å². The van der Waals surface area contributed by atoms with Crippen LogP contribution in [0.3, 0.4) is 0 Å². The maximum atomic E-state index is 13.8. The van der Waals surface area contributed by atoms with E-state index < -0.39 is 17.2 Å². The molecule has 2 rings (SSSR count). The van der Waals surface area contributed by atoms with E-state index >= 15 is 0 Å². The second-order valence-corrected chi connectivity index (χ2v) is 5.21. The molecule has 1 aromatic heterocycles. The van der Waals surface area contributed by atoms with Gasteiger partial charge in [0.2, 0.25) is 0 Å². The molecule has 0 fully saturated rings. The highest BCUT2D eigenvalue weighted by Gasteiger charge is 2.30. The Balaban J connectivity index is 2.73. The summed E-state index contributed by atoms with van der Waals surface area (Å²) in [6, 6.07) is 6.05. The van der Waals surface area contributed by atoms with Crippen LogP contribution in [-0.4, -0.2) is 26.1 Å². The van der Waals surface area contributed by atoms with Gasteiger partial charge in [0.05, 0.1) is 5.69 Å². The summed E-state index contributed by atoms with van der Waals surface area (Å²) in [6.07, 6.45) is 0. The molecule has 0 atom stereocenters. The van der Waals surface area contributed by atoms with E-state index in [4.69, 9.17) is 5.11 Å². The number of hydrogen-bond acceptors (Lipinski definition) is 3. The molecular formula is C13H14FN3O2. The van der Waals surface area contributed by atoms with Crippen molar-refractivity contribution >= 4 is 5.97 Å². The highest BCUT2D eigenvalue weighted by molar-refractivity contribution is 5.87. The monoisotopic (exact) mass is 263 g/mol. The van der Waals surface area contributed by atoms with E-state index in [1.807, 2.05) is 20.8 Å². The summed E-state index contributed by atoms with van der Waals surface area (Å²) in [5.41, 5.74) is -0.132. The van der Waals surface area contributed by atoms with Crippen LogP contribution < -0.4 is 0 Å². The number of carboxylic acid groups (broad SMARTS) is 1. The van der Waals surface area contributed by atoms with Gasteiger partial charge in [0.1, 0.15) is 11.5 Å². The van der Waals surface area contributed by atoms with Crippen LogP contribution in [0.4, 0.5) is 4.39 Å². The number of carboxylic acids is 1. The van der Waals surface area contributed by atoms with Crippen molar-refractivity contribution < 1.29 is 14.3 Å². The van der Waals surface area contributed by atoms with E-state index in [1.54, 1.807) is 12.1 Å². The average molecular weight is 263 g/mol. The number of aromatic carboxylic acids is 1. The predicted molar refractivity (Wildman–Crippen MR) is 67.0 cm³/mol. The Kier molecular flexibility index (Phi) is 3.09. The zero-order chi connectivity index (χ0) is 14.2. The standard InChI is InChI=1S/C13H14FN3O2/c1-13(2,3)11-10(12(18)19)15-16-17(11)9-7-5-4-6-8(9)14/h4-7H,1-3H3,(H,18,19). The third-order valence-corrected chi connectivity index (χ3v) is 2.66. The number of carbonyl (C=O) groups is 1. The number of para-hydroxylation sites is 1. The van der Waals surface area contributed by atoms with Crippen LogP contribution in [0.5, 0.6) is 0 Å². The van der Waals surface area contributed by atoms with Gasteiger partial charge >= 0.3 is 5.97 Å². The van der Waals surface area contributed by atoms with Crippen molar-refractivity contribution in [2.45, 2.75) is 26.2 Å². The van der Waals surface area contributed by atoms with Crippen LogP contribution in [0.2, 0.25) is 0 Å². The minimum Gasteiger partial charge on any atom is -0.476 e. The average Bonchev–Trinajstić information content (AvgIpc) is 2.73. The maximum Gasteiger partial charge on any atom is 0.358 e. The highest BCUT2D eigenvalue weighted by Crippen LogP contribution is 2.27. The zero-order valence-electron chi connectivity index (χ0n) is 10.9. The quantitative estimate of drug-likeness (QED) is 0.903. The van der Waals surface area contributed by atoms with Crippen molar-refractivity contribution in [2.75, 3.05) is 0 Å². The molecule has 0 bridgehead atoms. The predicted octanol–water partition coefficient (Wildman–Crippen LogP) is 2.40. The Labute approximate surface area is 109 Å². The number of benzene rings is 1. The molecule has 0 saturated carbocycles. The summed E-state index contributed by atoms with van der Waals surface area (Å²) < 4.78 is 15.1. The third kappa shape index (κ3) is 2.33. The minimum absolute atomic E-state index is 0.157. The van der Waals surface area contributed by atoms with Crippen LogP contribution in [0.1, 0.15) is 37.0 Å². The molecule has 0 aliphatic heterocycles. The minimum atomic E-state index is -1.17. The van der Waals surface area contributed by atoms with Gasteiger partial charge in [-0.05, 0) is 12.1 Å². The summed E-state index contributed by atoms with van der Waals surface area (Å²) in [5.74, 6) is -1.65. The van der Waals surface area contributed by atoms with E-state index in [1.165, 1.54) is 16.8 Å². The van der Waals surface area contributed by atoms with Gasteiger partial charge < -0.3 is 5.11 Å². The fourth-order valence-electron chi connectivity index (χ4n) is 1.89. The smallest absolute Gasteiger partial charge is 0.358 e. The molecular weight excluding hydrogens is 249 g/mol. The molecule has 0 amide bonds. The van der Waals surface area contributed by atoms with Gasteiger partial charge in [-0.25, -0.2) is 13.9 Å². The van der Waals surface area contributed by atoms with E-state index in [-0.39, 0.29) is 11.4 Å². The van der Waals surface area contributed by atoms with Gasteiger partial charge in [-0.2, -0.15) is 0 Å². The van der Waals surface area contributed by atoms with Crippen molar-refractivity contribution in [3.63, 3.8) is 0 Å². The first-order chi connectivity index (χ1) is 8.82. The molecule has 1 aromatic carbocycles. The molecule has 100 valence electrons. The Bertz CT molecular complexity index is 629. The lowest BCUT2D eigenvalue weighted by Gasteiger charge is -2.20. The topological polar surface area (TPSA) is 68.0 Å². The van der Waals surface area contributed by atoms with Crippen molar-refractivity contribution in [3.8, 4) is 5.69 Å². The number of aromatic nitrogens is 3. The van der Waals surface area contributed by atoms with Crippen LogP contribution in [0.25, 0.3) is 5.69 Å². The molecule has 0 unspecified atom stereocenters. The number of halogens is 1. The second-order valence-electron chi connectivity index (χ2n) is 5.21. The van der Waals surface area contributed by atoms with Gasteiger partial charge in [0.15, 0.2) is 5.69 Å². The maximum absolute atomic E-state index is 13.8. The van der Waals surface area contributed by atoms with Crippen LogP contribution in [-0.2, 0) is 5.41 Å². The zero-order valence-corrected chi connectivity index (χ0v) is 10.9. The van der Waals surface area contributed by atoms with Gasteiger partial charge in [-0.3, -0.25) is 0 Å². The fourth-order valence-corrected chi connectivity index (χ4v) is 1.89. The molecule has 0 radical (unpaired) electrons. The Morgan fingerprint density at radius 2 is 1.95 bits per heavy atom.